The zero-order valence-corrected chi connectivity index (χ0v) is 14.2. The molecule has 1 heterocycles. The number of nitrogens with one attached hydrogen (secondary N) is 1. The molecular formula is C15H18BrNO2S. The summed E-state index contributed by atoms with van der Waals surface area (Å²) < 4.78 is 11.7. The van der Waals surface area contributed by atoms with Crippen LogP contribution in [-0.2, 0) is 6.54 Å². The number of hydrogen-bond donors (Lipinski definition) is 1. The van der Waals surface area contributed by atoms with Gasteiger partial charge in [-0.15, -0.1) is 11.3 Å². The minimum Gasteiger partial charge on any atom is -0.493 e. The van der Waals surface area contributed by atoms with E-state index in [1.54, 1.807) is 25.6 Å². The van der Waals surface area contributed by atoms with Gasteiger partial charge in [-0.05, 0) is 52.7 Å². The molecule has 1 N–H and O–H groups in total. The van der Waals surface area contributed by atoms with Gasteiger partial charge in [0, 0.05) is 17.5 Å². The van der Waals surface area contributed by atoms with Gasteiger partial charge in [0.25, 0.3) is 0 Å². The first kappa shape index (κ1) is 15.4. The van der Waals surface area contributed by atoms with E-state index in [1.165, 1.54) is 10.4 Å². The number of hydrogen-bond acceptors (Lipinski definition) is 4. The molecule has 20 heavy (non-hydrogen) atoms. The van der Waals surface area contributed by atoms with Gasteiger partial charge in [-0.3, -0.25) is 0 Å². The number of rotatable bonds is 6. The highest BCUT2D eigenvalue weighted by molar-refractivity contribution is 9.11. The fraction of sp³-hybridized carbons (Fsp3) is 0.333. The second-order valence-corrected chi connectivity index (χ2v) is 6.93. The lowest BCUT2D eigenvalue weighted by Gasteiger charge is -2.14. The summed E-state index contributed by atoms with van der Waals surface area (Å²) in [6, 6.07) is 10.5. The van der Waals surface area contributed by atoms with E-state index in [1.807, 2.05) is 18.2 Å². The number of methoxy groups -OCH3 is 2. The van der Waals surface area contributed by atoms with Crippen LogP contribution in [0.15, 0.2) is 34.1 Å². The van der Waals surface area contributed by atoms with E-state index in [0.717, 1.165) is 21.8 Å². The van der Waals surface area contributed by atoms with Gasteiger partial charge < -0.3 is 14.8 Å². The number of ether oxygens (including phenoxy) is 2. The largest absolute Gasteiger partial charge is 0.493 e. The Balaban J connectivity index is 2.00. The maximum atomic E-state index is 5.31. The maximum Gasteiger partial charge on any atom is 0.161 e. The minimum absolute atomic E-state index is 0.319. The molecule has 0 spiro atoms. The molecule has 1 aromatic carbocycles. The van der Waals surface area contributed by atoms with Crippen molar-refractivity contribution >= 4 is 27.3 Å². The molecule has 0 aliphatic carbocycles. The summed E-state index contributed by atoms with van der Waals surface area (Å²) in [5.74, 6) is 1.52. The first-order chi connectivity index (χ1) is 9.63. The fourth-order valence-corrected chi connectivity index (χ4v) is 3.37. The Morgan fingerprint density at radius 2 is 1.90 bits per heavy atom. The Kier molecular flexibility index (Phi) is 5.46. The Hall–Kier alpha value is -1.04. The zero-order valence-electron chi connectivity index (χ0n) is 11.8. The molecule has 2 rings (SSSR count). The van der Waals surface area contributed by atoms with E-state index in [2.05, 4.69) is 40.3 Å². The molecule has 3 nitrogen and oxygen atoms in total. The van der Waals surface area contributed by atoms with Crippen molar-refractivity contribution in [2.24, 2.45) is 0 Å². The smallest absolute Gasteiger partial charge is 0.161 e. The van der Waals surface area contributed by atoms with Gasteiger partial charge in [0.15, 0.2) is 11.5 Å². The van der Waals surface area contributed by atoms with Gasteiger partial charge in [-0.25, -0.2) is 0 Å². The van der Waals surface area contributed by atoms with Crippen LogP contribution in [0.4, 0.5) is 0 Å². The van der Waals surface area contributed by atoms with E-state index in [0.29, 0.717) is 6.04 Å². The molecule has 0 aliphatic rings. The van der Waals surface area contributed by atoms with Crippen molar-refractivity contribution in [3.8, 4) is 11.5 Å². The molecule has 1 unspecified atom stereocenters. The Morgan fingerprint density at radius 3 is 2.50 bits per heavy atom. The summed E-state index contributed by atoms with van der Waals surface area (Å²) in [6.07, 6.45) is 0. The van der Waals surface area contributed by atoms with Crippen LogP contribution in [0.5, 0.6) is 11.5 Å². The van der Waals surface area contributed by atoms with E-state index in [-0.39, 0.29) is 0 Å². The van der Waals surface area contributed by atoms with E-state index >= 15 is 0 Å². The van der Waals surface area contributed by atoms with Crippen LogP contribution in [0, 0.1) is 0 Å². The average molecular weight is 356 g/mol. The summed E-state index contributed by atoms with van der Waals surface area (Å²) in [6.45, 7) is 2.95. The number of benzene rings is 1. The van der Waals surface area contributed by atoms with Gasteiger partial charge in [0.1, 0.15) is 0 Å². The highest BCUT2D eigenvalue weighted by atomic mass is 79.9. The predicted molar refractivity (Wildman–Crippen MR) is 86.8 cm³/mol. The van der Waals surface area contributed by atoms with Crippen LogP contribution in [0.1, 0.15) is 23.4 Å². The van der Waals surface area contributed by atoms with E-state index < -0.39 is 0 Å². The molecule has 0 radical (unpaired) electrons. The van der Waals surface area contributed by atoms with Gasteiger partial charge >= 0.3 is 0 Å². The zero-order chi connectivity index (χ0) is 14.5. The van der Waals surface area contributed by atoms with Crippen LogP contribution in [0.3, 0.4) is 0 Å². The summed E-state index contributed by atoms with van der Waals surface area (Å²) in [4.78, 5) is 1.32. The van der Waals surface area contributed by atoms with Gasteiger partial charge in [-0.1, -0.05) is 6.07 Å². The highest BCUT2D eigenvalue weighted by Gasteiger charge is 2.09. The van der Waals surface area contributed by atoms with Crippen LogP contribution in [0.2, 0.25) is 0 Å². The molecule has 0 saturated heterocycles. The summed E-state index contributed by atoms with van der Waals surface area (Å²) in [5.41, 5.74) is 1.17. The molecule has 0 fully saturated rings. The molecule has 1 aromatic heterocycles. The normalized spacial score (nSPS) is 12.2. The third-order valence-corrected chi connectivity index (χ3v) is 4.89. The van der Waals surface area contributed by atoms with Gasteiger partial charge in [-0.2, -0.15) is 0 Å². The van der Waals surface area contributed by atoms with Crippen molar-refractivity contribution in [2.45, 2.75) is 19.5 Å². The number of halogens is 1. The van der Waals surface area contributed by atoms with Crippen molar-refractivity contribution in [3.63, 3.8) is 0 Å². The van der Waals surface area contributed by atoms with Crippen molar-refractivity contribution in [3.05, 3.63) is 44.6 Å². The molecule has 2 aromatic rings. The van der Waals surface area contributed by atoms with Crippen molar-refractivity contribution in [2.75, 3.05) is 14.2 Å². The average Bonchev–Trinajstić information content (AvgIpc) is 2.91. The third-order valence-electron chi connectivity index (χ3n) is 3.08. The highest BCUT2D eigenvalue weighted by Crippen LogP contribution is 2.29. The van der Waals surface area contributed by atoms with Crippen molar-refractivity contribution in [1.29, 1.82) is 0 Å². The van der Waals surface area contributed by atoms with Gasteiger partial charge in [0.2, 0.25) is 0 Å². The van der Waals surface area contributed by atoms with Crippen LogP contribution in [-0.4, -0.2) is 14.2 Å². The number of thiophene rings is 1. The standard InChI is InChI=1S/C15H18BrNO2S/c1-10(14-6-7-15(16)20-14)17-9-11-4-5-12(18-2)13(8-11)19-3/h4-8,10,17H,9H2,1-3H3. The lowest BCUT2D eigenvalue weighted by Crippen LogP contribution is -2.17. The quantitative estimate of drug-likeness (QED) is 0.833. The topological polar surface area (TPSA) is 30.5 Å². The van der Waals surface area contributed by atoms with Crippen LogP contribution < -0.4 is 14.8 Å². The summed E-state index contributed by atoms with van der Waals surface area (Å²) in [7, 11) is 3.30. The molecule has 1 atom stereocenters. The monoisotopic (exact) mass is 355 g/mol. The lowest BCUT2D eigenvalue weighted by molar-refractivity contribution is 0.354. The maximum absolute atomic E-state index is 5.31. The molecule has 0 aliphatic heterocycles. The third kappa shape index (κ3) is 3.75. The van der Waals surface area contributed by atoms with E-state index in [9.17, 15) is 0 Å². The lowest BCUT2D eigenvalue weighted by atomic mass is 10.2. The molecular weight excluding hydrogens is 338 g/mol. The SMILES string of the molecule is COc1ccc(CNC(C)c2ccc(Br)s2)cc1OC. The Labute approximate surface area is 132 Å². The molecule has 0 bridgehead atoms. The Bertz CT molecular complexity index is 571. The molecule has 5 heteroatoms. The summed E-state index contributed by atoms with van der Waals surface area (Å²) >= 11 is 5.25. The van der Waals surface area contributed by atoms with Crippen molar-refractivity contribution in [1.82, 2.24) is 5.32 Å². The van der Waals surface area contributed by atoms with Crippen LogP contribution in [0.25, 0.3) is 0 Å². The summed E-state index contributed by atoms with van der Waals surface area (Å²) in [5, 5.41) is 3.51. The first-order valence-corrected chi connectivity index (χ1v) is 7.94. The predicted octanol–water partition coefficient (Wildman–Crippen LogP) is 4.38. The van der Waals surface area contributed by atoms with Crippen molar-refractivity contribution < 1.29 is 9.47 Å². The second-order valence-electron chi connectivity index (χ2n) is 4.43. The van der Waals surface area contributed by atoms with Gasteiger partial charge in [0.05, 0.1) is 18.0 Å². The second kappa shape index (κ2) is 7.11. The fourth-order valence-electron chi connectivity index (χ4n) is 1.92. The molecule has 0 saturated carbocycles. The van der Waals surface area contributed by atoms with Crippen LogP contribution >= 0.6 is 27.3 Å². The van der Waals surface area contributed by atoms with E-state index in [4.69, 9.17) is 9.47 Å². The molecule has 108 valence electrons. The first-order valence-electron chi connectivity index (χ1n) is 6.33. The molecule has 0 amide bonds. The Morgan fingerprint density at radius 1 is 1.15 bits per heavy atom. The minimum atomic E-state index is 0.319.